The number of carbonyl (C=O) groups is 1. The standard InChI is InChI=1S/C23H24F3N3O2S/c1-2-18-14-28(13-16-5-3-4-15(10-16)11-21(30)31)8-9-29(18)22-27-19-7-6-17(23(24,25)26)12-20(19)32-22/h3-7,10,12,18H,2,8-9,11,13-14H2,1H3,(H,30,31)/t18-/m0/s1. The van der Waals surface area contributed by atoms with Gasteiger partial charge >= 0.3 is 12.1 Å². The quantitative estimate of drug-likeness (QED) is 0.555. The maximum absolute atomic E-state index is 13.0. The molecule has 9 heteroatoms. The van der Waals surface area contributed by atoms with Crippen LogP contribution in [0.5, 0.6) is 0 Å². The topological polar surface area (TPSA) is 56.7 Å². The first-order chi connectivity index (χ1) is 15.2. The van der Waals surface area contributed by atoms with E-state index in [1.165, 1.54) is 23.5 Å². The van der Waals surface area contributed by atoms with Crippen molar-refractivity contribution in [2.75, 3.05) is 24.5 Å². The van der Waals surface area contributed by atoms with Crippen molar-refractivity contribution in [2.24, 2.45) is 0 Å². The minimum atomic E-state index is -4.36. The lowest BCUT2D eigenvalue weighted by atomic mass is 10.1. The second-order valence-corrected chi connectivity index (χ2v) is 9.07. The molecule has 1 fully saturated rings. The summed E-state index contributed by atoms with van der Waals surface area (Å²) >= 11 is 1.31. The van der Waals surface area contributed by atoms with Crippen LogP contribution in [0.25, 0.3) is 10.2 Å². The summed E-state index contributed by atoms with van der Waals surface area (Å²) in [6.45, 7) is 5.17. The highest BCUT2D eigenvalue weighted by molar-refractivity contribution is 7.22. The number of fused-ring (bicyclic) bond motifs is 1. The first-order valence-corrected chi connectivity index (χ1v) is 11.3. The van der Waals surface area contributed by atoms with Crippen LogP contribution in [0.4, 0.5) is 18.3 Å². The summed E-state index contributed by atoms with van der Waals surface area (Å²) in [5.74, 6) is -0.847. The van der Waals surface area contributed by atoms with Gasteiger partial charge in [-0.1, -0.05) is 42.5 Å². The minimum absolute atomic E-state index is 0.00681. The SMILES string of the molecule is CC[C@H]1CN(Cc2cccc(CC(=O)O)c2)CCN1c1nc2ccc(C(F)(F)F)cc2s1. The van der Waals surface area contributed by atoms with Gasteiger partial charge in [0.1, 0.15) is 0 Å². The Balaban J connectivity index is 1.47. The number of hydrogen-bond acceptors (Lipinski definition) is 5. The number of halogens is 3. The van der Waals surface area contributed by atoms with E-state index >= 15 is 0 Å². The molecule has 0 spiro atoms. The van der Waals surface area contributed by atoms with Crippen LogP contribution >= 0.6 is 11.3 Å². The number of thiazole rings is 1. The summed E-state index contributed by atoms with van der Waals surface area (Å²) in [5, 5.41) is 9.77. The number of alkyl halides is 3. The van der Waals surface area contributed by atoms with Crippen LogP contribution in [0.1, 0.15) is 30.0 Å². The van der Waals surface area contributed by atoms with Gasteiger partial charge in [-0.2, -0.15) is 13.2 Å². The van der Waals surface area contributed by atoms with E-state index in [-0.39, 0.29) is 12.5 Å². The second kappa shape index (κ2) is 9.07. The number of aromatic nitrogens is 1. The highest BCUT2D eigenvalue weighted by Gasteiger charge is 2.32. The summed E-state index contributed by atoms with van der Waals surface area (Å²) in [6, 6.07) is 11.6. The summed E-state index contributed by atoms with van der Waals surface area (Å²) in [7, 11) is 0. The van der Waals surface area contributed by atoms with Gasteiger partial charge in [0.2, 0.25) is 0 Å². The molecule has 0 radical (unpaired) electrons. The van der Waals surface area contributed by atoms with Crippen LogP contribution in [0.15, 0.2) is 42.5 Å². The predicted molar refractivity (Wildman–Crippen MR) is 119 cm³/mol. The van der Waals surface area contributed by atoms with Gasteiger partial charge < -0.3 is 10.0 Å². The van der Waals surface area contributed by atoms with Gasteiger partial charge in [0, 0.05) is 32.2 Å². The average Bonchev–Trinajstić information content (AvgIpc) is 3.16. The molecule has 32 heavy (non-hydrogen) atoms. The van der Waals surface area contributed by atoms with Crippen LogP contribution < -0.4 is 4.90 Å². The maximum atomic E-state index is 13.0. The molecule has 0 unspecified atom stereocenters. The number of aliphatic carboxylic acids is 1. The lowest BCUT2D eigenvalue weighted by Crippen LogP contribution is -2.52. The fourth-order valence-electron chi connectivity index (χ4n) is 4.15. The molecule has 4 rings (SSSR count). The van der Waals surface area contributed by atoms with Crippen molar-refractivity contribution < 1.29 is 23.1 Å². The molecule has 2 heterocycles. The molecule has 0 aliphatic carbocycles. The summed E-state index contributed by atoms with van der Waals surface area (Å²) in [5.41, 5.74) is 1.80. The molecule has 1 aliphatic heterocycles. The number of piperazine rings is 1. The molecule has 1 aromatic heterocycles. The molecule has 1 saturated heterocycles. The number of anilines is 1. The molecule has 1 atom stereocenters. The third-order valence-electron chi connectivity index (χ3n) is 5.74. The number of rotatable bonds is 6. The van der Waals surface area contributed by atoms with Crippen LogP contribution in [0.3, 0.4) is 0 Å². The van der Waals surface area contributed by atoms with E-state index in [2.05, 4.69) is 21.7 Å². The summed E-state index contributed by atoms with van der Waals surface area (Å²) in [4.78, 5) is 20.1. The summed E-state index contributed by atoms with van der Waals surface area (Å²) in [6.07, 6.45) is -3.47. The molecule has 170 valence electrons. The van der Waals surface area contributed by atoms with Gasteiger partial charge in [-0.05, 0) is 35.7 Å². The lowest BCUT2D eigenvalue weighted by Gasteiger charge is -2.41. The highest BCUT2D eigenvalue weighted by atomic mass is 32.1. The largest absolute Gasteiger partial charge is 0.481 e. The van der Waals surface area contributed by atoms with E-state index < -0.39 is 17.7 Å². The number of carboxylic acids is 1. The Bertz CT molecular complexity index is 1120. The van der Waals surface area contributed by atoms with Crippen LogP contribution in [0, 0.1) is 0 Å². The van der Waals surface area contributed by atoms with Gasteiger partial charge in [0.15, 0.2) is 5.13 Å². The zero-order chi connectivity index (χ0) is 22.9. The van der Waals surface area contributed by atoms with Gasteiger partial charge in [-0.15, -0.1) is 0 Å². The molecule has 5 nitrogen and oxygen atoms in total. The molecule has 0 bridgehead atoms. The minimum Gasteiger partial charge on any atom is -0.481 e. The Hall–Kier alpha value is -2.65. The van der Waals surface area contributed by atoms with E-state index in [1.807, 2.05) is 24.3 Å². The van der Waals surface area contributed by atoms with Gasteiger partial charge in [-0.3, -0.25) is 9.69 Å². The fraction of sp³-hybridized carbons (Fsp3) is 0.391. The number of hydrogen-bond donors (Lipinski definition) is 1. The Morgan fingerprint density at radius 3 is 2.69 bits per heavy atom. The van der Waals surface area contributed by atoms with Crippen molar-refractivity contribution in [3.8, 4) is 0 Å². The molecule has 1 aliphatic rings. The van der Waals surface area contributed by atoms with E-state index in [9.17, 15) is 18.0 Å². The second-order valence-electron chi connectivity index (χ2n) is 8.06. The third kappa shape index (κ3) is 5.05. The maximum Gasteiger partial charge on any atom is 0.416 e. The Morgan fingerprint density at radius 1 is 1.19 bits per heavy atom. The zero-order valence-electron chi connectivity index (χ0n) is 17.6. The van der Waals surface area contributed by atoms with E-state index in [4.69, 9.17) is 5.11 Å². The molecule has 2 aromatic carbocycles. The monoisotopic (exact) mass is 463 g/mol. The Kier molecular flexibility index (Phi) is 6.39. The van der Waals surface area contributed by atoms with Crippen molar-refractivity contribution in [3.63, 3.8) is 0 Å². The average molecular weight is 464 g/mol. The number of carboxylic acid groups (broad SMARTS) is 1. The highest BCUT2D eigenvalue weighted by Crippen LogP contribution is 2.36. The molecule has 0 amide bonds. The van der Waals surface area contributed by atoms with Crippen molar-refractivity contribution in [3.05, 3.63) is 59.2 Å². The van der Waals surface area contributed by atoms with Crippen molar-refractivity contribution in [1.82, 2.24) is 9.88 Å². The molecular weight excluding hydrogens is 439 g/mol. The number of benzene rings is 2. The lowest BCUT2D eigenvalue weighted by molar-refractivity contribution is -0.138. The summed E-state index contributed by atoms with van der Waals surface area (Å²) < 4.78 is 39.7. The molecular formula is C23H24F3N3O2S. The molecule has 0 saturated carbocycles. The zero-order valence-corrected chi connectivity index (χ0v) is 18.4. The molecule has 1 N–H and O–H groups in total. The van der Waals surface area contributed by atoms with E-state index in [0.717, 1.165) is 54.9 Å². The van der Waals surface area contributed by atoms with Crippen molar-refractivity contribution in [2.45, 2.75) is 38.5 Å². The molecule has 3 aromatic rings. The predicted octanol–water partition coefficient (Wildman–Crippen LogP) is 5.04. The van der Waals surface area contributed by atoms with E-state index in [0.29, 0.717) is 10.2 Å². The van der Waals surface area contributed by atoms with Gasteiger partial charge in [-0.25, -0.2) is 4.98 Å². The van der Waals surface area contributed by atoms with Crippen LogP contribution in [0.2, 0.25) is 0 Å². The smallest absolute Gasteiger partial charge is 0.416 e. The van der Waals surface area contributed by atoms with Crippen LogP contribution in [-0.4, -0.2) is 46.6 Å². The first-order valence-electron chi connectivity index (χ1n) is 10.5. The normalized spacial score (nSPS) is 17.8. The first kappa shape index (κ1) is 22.5. The van der Waals surface area contributed by atoms with Gasteiger partial charge in [0.25, 0.3) is 0 Å². The van der Waals surface area contributed by atoms with Crippen molar-refractivity contribution >= 4 is 32.7 Å². The Labute approximate surface area is 188 Å². The Morgan fingerprint density at radius 2 is 1.97 bits per heavy atom. The van der Waals surface area contributed by atoms with Gasteiger partial charge in [0.05, 0.1) is 22.2 Å². The van der Waals surface area contributed by atoms with Crippen molar-refractivity contribution in [1.29, 1.82) is 0 Å². The van der Waals surface area contributed by atoms with Crippen LogP contribution in [-0.2, 0) is 23.9 Å². The number of nitrogens with zero attached hydrogens (tertiary/aromatic N) is 3. The fourth-order valence-corrected chi connectivity index (χ4v) is 5.25. The van der Waals surface area contributed by atoms with E-state index in [1.54, 1.807) is 0 Å². The third-order valence-corrected chi connectivity index (χ3v) is 6.80.